The van der Waals surface area contributed by atoms with Crippen molar-refractivity contribution in [2.45, 2.75) is 49.5 Å². The van der Waals surface area contributed by atoms with E-state index in [1.165, 1.54) is 5.69 Å². The smallest absolute Gasteiger partial charge is 0.303 e. The van der Waals surface area contributed by atoms with E-state index < -0.39 is 5.97 Å². The molecule has 0 unspecified atom stereocenters. The van der Waals surface area contributed by atoms with Gasteiger partial charge >= 0.3 is 5.97 Å². The Hall–Kier alpha value is -1.44. The van der Waals surface area contributed by atoms with E-state index in [-0.39, 0.29) is 30.8 Å². The Labute approximate surface area is 183 Å². The lowest BCUT2D eigenvalue weighted by atomic mass is 9.83. The third-order valence-electron chi connectivity index (χ3n) is 5.85. The number of rotatable bonds is 7. The highest BCUT2D eigenvalue weighted by molar-refractivity contribution is 7.98. The number of hydrogen-bond donors (Lipinski definition) is 3. The lowest BCUT2D eigenvalue weighted by molar-refractivity contribution is -0.137. The van der Waals surface area contributed by atoms with Crippen molar-refractivity contribution in [2.75, 3.05) is 37.3 Å². The maximum atomic E-state index is 12.7. The largest absolute Gasteiger partial charge is 0.481 e. The number of hydrogen-bond acceptors (Lipinski definition) is 5. The average molecular weight is 442 g/mol. The van der Waals surface area contributed by atoms with Crippen LogP contribution in [0.5, 0.6) is 0 Å². The van der Waals surface area contributed by atoms with E-state index in [0.717, 1.165) is 68.7 Å². The predicted octanol–water partition coefficient (Wildman–Crippen LogP) is 3.39. The lowest BCUT2D eigenvalue weighted by Gasteiger charge is -2.31. The molecule has 1 aromatic rings. The fourth-order valence-corrected chi connectivity index (χ4v) is 4.83. The first-order chi connectivity index (χ1) is 13.6. The molecule has 3 rings (SSSR count). The van der Waals surface area contributed by atoms with Gasteiger partial charge in [0.2, 0.25) is 0 Å². The molecule has 1 aromatic carbocycles. The number of halogens is 1. The first kappa shape index (κ1) is 23.8. The van der Waals surface area contributed by atoms with Gasteiger partial charge in [-0.25, -0.2) is 0 Å². The molecule has 162 valence electrons. The maximum Gasteiger partial charge on any atom is 0.303 e. The number of amides is 1. The predicted molar refractivity (Wildman–Crippen MR) is 121 cm³/mol. The summed E-state index contributed by atoms with van der Waals surface area (Å²) in [4.78, 5) is 27.0. The van der Waals surface area contributed by atoms with Crippen LogP contribution in [0.15, 0.2) is 23.1 Å². The minimum Gasteiger partial charge on any atom is -0.481 e. The van der Waals surface area contributed by atoms with Crippen LogP contribution in [0.1, 0.15) is 48.9 Å². The number of aliphatic carboxylic acids is 1. The van der Waals surface area contributed by atoms with Crippen molar-refractivity contribution in [2.24, 2.45) is 5.92 Å². The van der Waals surface area contributed by atoms with Crippen LogP contribution in [-0.2, 0) is 4.79 Å². The topological polar surface area (TPSA) is 81.7 Å². The fourth-order valence-electron chi connectivity index (χ4n) is 4.18. The van der Waals surface area contributed by atoms with E-state index >= 15 is 0 Å². The minimum atomic E-state index is -0.718. The maximum absolute atomic E-state index is 12.7. The number of nitrogens with one attached hydrogen (secondary N) is 2. The summed E-state index contributed by atoms with van der Waals surface area (Å²) >= 11 is 1.68. The van der Waals surface area contributed by atoms with Crippen LogP contribution in [0.25, 0.3) is 0 Å². The number of carboxylic acids is 1. The van der Waals surface area contributed by atoms with Crippen molar-refractivity contribution >= 4 is 41.7 Å². The Balaban J connectivity index is 0.00000300. The third kappa shape index (κ3) is 6.79. The number of anilines is 1. The molecule has 1 aliphatic heterocycles. The van der Waals surface area contributed by atoms with E-state index in [1.807, 2.05) is 12.1 Å². The molecule has 2 aliphatic rings. The zero-order valence-electron chi connectivity index (χ0n) is 17.0. The van der Waals surface area contributed by atoms with Gasteiger partial charge in [0.15, 0.2) is 0 Å². The van der Waals surface area contributed by atoms with Crippen molar-refractivity contribution in [3.05, 3.63) is 23.8 Å². The van der Waals surface area contributed by atoms with E-state index in [9.17, 15) is 9.59 Å². The molecule has 0 spiro atoms. The van der Waals surface area contributed by atoms with Crippen LogP contribution < -0.4 is 15.5 Å². The molecule has 1 saturated heterocycles. The number of piperazine rings is 1. The van der Waals surface area contributed by atoms with Crippen LogP contribution in [0.3, 0.4) is 0 Å². The number of nitrogens with zero attached hydrogens (tertiary/aromatic N) is 1. The van der Waals surface area contributed by atoms with Gasteiger partial charge in [-0.3, -0.25) is 9.59 Å². The van der Waals surface area contributed by atoms with Gasteiger partial charge in [0, 0.05) is 49.1 Å². The molecule has 8 heteroatoms. The second-order valence-electron chi connectivity index (χ2n) is 7.75. The van der Waals surface area contributed by atoms with Gasteiger partial charge in [0.1, 0.15) is 0 Å². The molecule has 2 fully saturated rings. The summed E-state index contributed by atoms with van der Waals surface area (Å²) < 4.78 is 0. The third-order valence-corrected chi connectivity index (χ3v) is 6.61. The zero-order valence-corrected chi connectivity index (χ0v) is 18.6. The lowest BCUT2D eigenvalue weighted by Crippen LogP contribution is -2.43. The molecule has 6 nitrogen and oxygen atoms in total. The summed E-state index contributed by atoms with van der Waals surface area (Å²) in [6.07, 6.45) is 6.92. The van der Waals surface area contributed by atoms with Crippen LogP contribution >= 0.6 is 24.2 Å². The van der Waals surface area contributed by atoms with Gasteiger partial charge in [0.25, 0.3) is 5.91 Å². The van der Waals surface area contributed by atoms with E-state index in [0.29, 0.717) is 5.92 Å². The average Bonchev–Trinajstić information content (AvgIpc) is 2.73. The number of benzene rings is 1. The normalized spacial score (nSPS) is 21.9. The molecule has 3 N–H and O–H groups in total. The van der Waals surface area contributed by atoms with Crippen molar-refractivity contribution < 1.29 is 14.7 Å². The fraction of sp³-hybridized carbons (Fsp3) is 0.619. The highest BCUT2D eigenvalue weighted by Gasteiger charge is 2.24. The van der Waals surface area contributed by atoms with Crippen molar-refractivity contribution in [3.8, 4) is 0 Å². The minimum absolute atomic E-state index is 0. The first-order valence-electron chi connectivity index (χ1n) is 10.2. The molecule has 0 atom stereocenters. The standard InChI is InChI=1S/C21H31N3O3S.ClH/c1-28-19-14-16(5-8-18(19)24-12-10-22-11-13-24)21(27)23-17-6-2-15(3-7-17)4-9-20(25)26;/h5,8,14-15,17,22H,2-4,6-7,9-13H2,1H3,(H,23,27)(H,25,26);1H. The molecular formula is C21H32ClN3O3S. The molecule has 0 aromatic heterocycles. The SMILES string of the molecule is CSc1cc(C(=O)NC2CCC(CCC(=O)O)CC2)ccc1N1CCNCC1.Cl. The van der Waals surface area contributed by atoms with Crippen molar-refractivity contribution in [1.82, 2.24) is 10.6 Å². The van der Waals surface area contributed by atoms with Gasteiger partial charge in [-0.15, -0.1) is 24.2 Å². The Morgan fingerprint density at radius 1 is 1.21 bits per heavy atom. The molecule has 1 amide bonds. The summed E-state index contributed by atoms with van der Waals surface area (Å²) in [6, 6.07) is 6.22. The highest BCUT2D eigenvalue weighted by Crippen LogP contribution is 2.31. The Bertz CT molecular complexity index is 690. The second kappa shape index (κ2) is 11.7. The monoisotopic (exact) mass is 441 g/mol. The Morgan fingerprint density at radius 2 is 1.90 bits per heavy atom. The van der Waals surface area contributed by atoms with E-state index in [1.54, 1.807) is 11.8 Å². The number of carboxylic acid groups (broad SMARTS) is 1. The van der Waals surface area contributed by atoms with Crippen LogP contribution in [0, 0.1) is 5.92 Å². The molecule has 1 saturated carbocycles. The second-order valence-corrected chi connectivity index (χ2v) is 8.60. The molecular weight excluding hydrogens is 410 g/mol. The molecule has 1 heterocycles. The Kier molecular flexibility index (Phi) is 9.59. The van der Waals surface area contributed by atoms with Crippen molar-refractivity contribution in [3.63, 3.8) is 0 Å². The van der Waals surface area contributed by atoms with Crippen LogP contribution in [0.2, 0.25) is 0 Å². The highest BCUT2D eigenvalue weighted by atomic mass is 35.5. The summed E-state index contributed by atoms with van der Waals surface area (Å²) in [5.74, 6) is -0.244. The number of carbonyl (C=O) groups excluding carboxylic acids is 1. The summed E-state index contributed by atoms with van der Waals surface area (Å²) in [6.45, 7) is 3.96. The quantitative estimate of drug-likeness (QED) is 0.562. The number of thioether (sulfide) groups is 1. The van der Waals surface area contributed by atoms with Crippen LogP contribution in [-0.4, -0.2) is 55.5 Å². The molecule has 1 aliphatic carbocycles. The van der Waals surface area contributed by atoms with E-state index in [2.05, 4.69) is 27.9 Å². The number of carbonyl (C=O) groups is 2. The molecule has 0 bridgehead atoms. The molecule has 0 radical (unpaired) electrons. The summed E-state index contributed by atoms with van der Waals surface area (Å²) in [7, 11) is 0. The van der Waals surface area contributed by atoms with Gasteiger partial charge < -0.3 is 20.6 Å². The summed E-state index contributed by atoms with van der Waals surface area (Å²) in [5.41, 5.74) is 1.93. The van der Waals surface area contributed by atoms with Gasteiger partial charge in [-0.2, -0.15) is 0 Å². The van der Waals surface area contributed by atoms with Crippen molar-refractivity contribution in [1.29, 1.82) is 0 Å². The van der Waals surface area contributed by atoms with Gasteiger partial charge in [-0.05, 0) is 62.5 Å². The zero-order chi connectivity index (χ0) is 19.9. The van der Waals surface area contributed by atoms with Gasteiger partial charge in [-0.1, -0.05) is 0 Å². The molecule has 29 heavy (non-hydrogen) atoms. The van der Waals surface area contributed by atoms with Crippen LogP contribution in [0.4, 0.5) is 5.69 Å². The van der Waals surface area contributed by atoms with E-state index in [4.69, 9.17) is 5.11 Å². The Morgan fingerprint density at radius 3 is 2.52 bits per heavy atom. The first-order valence-corrected chi connectivity index (χ1v) is 11.5. The summed E-state index contributed by atoms with van der Waals surface area (Å²) in [5, 5.41) is 15.4. The van der Waals surface area contributed by atoms with Gasteiger partial charge in [0.05, 0.1) is 5.69 Å².